The smallest absolute Gasteiger partial charge is 0.337 e. The van der Waals surface area contributed by atoms with Gasteiger partial charge >= 0.3 is 6.18 Å². The van der Waals surface area contributed by atoms with Crippen LogP contribution >= 0.6 is 0 Å². The Morgan fingerprint density at radius 3 is 2.50 bits per heavy atom. The number of aryl methyl sites for hydroxylation is 2. The molecule has 0 saturated heterocycles. The van der Waals surface area contributed by atoms with E-state index in [1.165, 1.54) is 18.0 Å². The molecular formula is C15H14F3N3O. The number of aromatic nitrogens is 2. The molecule has 22 heavy (non-hydrogen) atoms. The van der Waals surface area contributed by atoms with Crippen LogP contribution in [0.25, 0.3) is 11.1 Å². The first-order chi connectivity index (χ1) is 10.2. The first-order valence-electron chi connectivity index (χ1n) is 6.71. The van der Waals surface area contributed by atoms with Crippen LogP contribution in [-0.4, -0.2) is 28.1 Å². The predicted octanol–water partition coefficient (Wildman–Crippen LogP) is 3.30. The highest BCUT2D eigenvalue weighted by Gasteiger charge is 2.39. The molecular weight excluding hydrogens is 295 g/mol. The van der Waals surface area contributed by atoms with Gasteiger partial charge in [0, 0.05) is 30.4 Å². The normalized spacial score (nSPS) is 14.6. The second-order valence-corrected chi connectivity index (χ2v) is 5.52. The Hall–Kier alpha value is -2.31. The zero-order chi connectivity index (χ0) is 16.2. The number of amides is 1. The van der Waals surface area contributed by atoms with Crippen molar-refractivity contribution in [1.29, 1.82) is 0 Å². The Balaban J connectivity index is 2.30. The Morgan fingerprint density at radius 1 is 1.27 bits per heavy atom. The van der Waals surface area contributed by atoms with Crippen LogP contribution in [0.3, 0.4) is 0 Å². The number of rotatable bonds is 1. The van der Waals surface area contributed by atoms with Gasteiger partial charge in [-0.2, -0.15) is 18.3 Å². The first kappa shape index (κ1) is 14.6. The largest absolute Gasteiger partial charge is 0.416 e. The van der Waals surface area contributed by atoms with Crippen LogP contribution in [0.15, 0.2) is 12.1 Å². The first-order valence-corrected chi connectivity index (χ1v) is 6.71. The zero-order valence-electron chi connectivity index (χ0n) is 12.3. The third-order valence-corrected chi connectivity index (χ3v) is 3.94. The van der Waals surface area contributed by atoms with Crippen molar-refractivity contribution < 1.29 is 18.0 Å². The number of nitrogens with zero attached hydrogens (tertiary/aromatic N) is 2. The quantitative estimate of drug-likeness (QED) is 0.878. The molecule has 3 rings (SSSR count). The maximum absolute atomic E-state index is 13.4. The lowest BCUT2D eigenvalue weighted by molar-refractivity contribution is -0.138. The summed E-state index contributed by atoms with van der Waals surface area (Å²) in [6, 6.07) is 2.64. The molecule has 0 bridgehead atoms. The maximum atomic E-state index is 13.4. The van der Waals surface area contributed by atoms with Gasteiger partial charge in [-0.3, -0.25) is 9.89 Å². The molecule has 1 amide bonds. The summed E-state index contributed by atoms with van der Waals surface area (Å²) in [7, 11) is 1.50. The van der Waals surface area contributed by atoms with Crippen molar-refractivity contribution in [3.63, 3.8) is 0 Å². The molecule has 0 aliphatic carbocycles. The summed E-state index contributed by atoms with van der Waals surface area (Å²) in [5.74, 6) is -0.388. The summed E-state index contributed by atoms with van der Waals surface area (Å²) >= 11 is 0. The number of alkyl halides is 3. The van der Waals surface area contributed by atoms with Crippen LogP contribution in [0.1, 0.15) is 32.9 Å². The minimum atomic E-state index is -4.50. The molecule has 0 spiro atoms. The van der Waals surface area contributed by atoms with Crippen molar-refractivity contribution in [2.24, 2.45) is 0 Å². The minimum Gasteiger partial charge on any atom is -0.337 e. The highest BCUT2D eigenvalue weighted by atomic mass is 19.4. The minimum absolute atomic E-state index is 0.0212. The van der Waals surface area contributed by atoms with Gasteiger partial charge in [-0.05, 0) is 37.1 Å². The van der Waals surface area contributed by atoms with Crippen LogP contribution in [0.5, 0.6) is 0 Å². The van der Waals surface area contributed by atoms with E-state index in [0.717, 1.165) is 6.07 Å². The fourth-order valence-corrected chi connectivity index (χ4v) is 2.92. The number of hydrogen-bond acceptors (Lipinski definition) is 2. The van der Waals surface area contributed by atoms with Gasteiger partial charge in [0.2, 0.25) is 0 Å². The summed E-state index contributed by atoms with van der Waals surface area (Å²) in [4.78, 5) is 13.4. The summed E-state index contributed by atoms with van der Waals surface area (Å²) in [5, 5.41) is 6.77. The lowest BCUT2D eigenvalue weighted by atomic mass is 9.94. The average Bonchev–Trinajstić information content (AvgIpc) is 2.89. The van der Waals surface area contributed by atoms with E-state index >= 15 is 0 Å². The average molecular weight is 309 g/mol. The van der Waals surface area contributed by atoms with E-state index in [2.05, 4.69) is 10.2 Å². The molecule has 0 fully saturated rings. The molecule has 1 aromatic carbocycles. The van der Waals surface area contributed by atoms with E-state index in [1.807, 2.05) is 0 Å². The number of nitrogens with one attached hydrogen (secondary N) is 1. The van der Waals surface area contributed by atoms with E-state index in [9.17, 15) is 18.0 Å². The third-order valence-electron chi connectivity index (χ3n) is 3.94. The van der Waals surface area contributed by atoms with E-state index in [0.29, 0.717) is 22.5 Å². The molecule has 7 heteroatoms. The van der Waals surface area contributed by atoms with E-state index < -0.39 is 11.7 Å². The Kier molecular flexibility index (Phi) is 3.05. The van der Waals surface area contributed by atoms with Crippen molar-refractivity contribution in [2.75, 3.05) is 7.05 Å². The summed E-state index contributed by atoms with van der Waals surface area (Å²) < 4.78 is 40.1. The van der Waals surface area contributed by atoms with Crippen LogP contribution in [-0.2, 0) is 12.7 Å². The number of benzene rings is 1. The molecule has 1 N–H and O–H groups in total. The zero-order valence-corrected chi connectivity index (χ0v) is 12.3. The van der Waals surface area contributed by atoms with Crippen molar-refractivity contribution >= 4 is 5.91 Å². The Bertz CT molecular complexity index is 758. The highest BCUT2D eigenvalue weighted by Crippen LogP contribution is 2.40. The summed E-state index contributed by atoms with van der Waals surface area (Å²) in [6.45, 7) is 3.43. The van der Waals surface area contributed by atoms with Gasteiger partial charge in [0.05, 0.1) is 11.3 Å². The molecule has 0 atom stereocenters. The standard InChI is InChI=1S/C15H14F3N3O/c1-7-13(8(2)20-19-7)9-4-10-11(6-21(3)14(10)22)12(5-9)15(16,17)18/h4-5H,6H2,1-3H3,(H,19,20). The van der Waals surface area contributed by atoms with Crippen molar-refractivity contribution in [3.05, 3.63) is 40.2 Å². The number of carbonyl (C=O) groups excluding carboxylic acids is 1. The Morgan fingerprint density at radius 2 is 1.95 bits per heavy atom. The lowest BCUT2D eigenvalue weighted by Gasteiger charge is -2.14. The molecule has 1 aliphatic heterocycles. The monoisotopic (exact) mass is 309 g/mol. The topological polar surface area (TPSA) is 49.0 Å². The number of H-pyrrole nitrogens is 1. The molecule has 0 unspecified atom stereocenters. The van der Waals surface area contributed by atoms with Gasteiger partial charge in [-0.25, -0.2) is 0 Å². The number of hydrogen-bond donors (Lipinski definition) is 1. The molecule has 0 saturated carbocycles. The van der Waals surface area contributed by atoms with Gasteiger partial charge in [-0.15, -0.1) is 0 Å². The van der Waals surface area contributed by atoms with E-state index in [-0.39, 0.29) is 23.6 Å². The van der Waals surface area contributed by atoms with Gasteiger partial charge < -0.3 is 4.90 Å². The predicted molar refractivity (Wildman–Crippen MR) is 74.3 cm³/mol. The van der Waals surface area contributed by atoms with E-state index in [1.54, 1.807) is 13.8 Å². The molecule has 1 aromatic heterocycles. The number of aromatic amines is 1. The summed E-state index contributed by atoms with van der Waals surface area (Å²) in [6.07, 6.45) is -4.50. The molecule has 1 aliphatic rings. The molecule has 116 valence electrons. The van der Waals surface area contributed by atoms with Crippen LogP contribution in [0.4, 0.5) is 13.2 Å². The second-order valence-electron chi connectivity index (χ2n) is 5.52. The fraction of sp³-hybridized carbons (Fsp3) is 0.333. The van der Waals surface area contributed by atoms with Gasteiger partial charge in [0.1, 0.15) is 0 Å². The van der Waals surface area contributed by atoms with Gasteiger partial charge in [-0.1, -0.05) is 0 Å². The van der Waals surface area contributed by atoms with E-state index in [4.69, 9.17) is 0 Å². The third kappa shape index (κ3) is 2.08. The van der Waals surface area contributed by atoms with Gasteiger partial charge in [0.25, 0.3) is 5.91 Å². The highest BCUT2D eigenvalue weighted by molar-refractivity contribution is 6.00. The van der Waals surface area contributed by atoms with Crippen LogP contribution in [0, 0.1) is 13.8 Å². The fourth-order valence-electron chi connectivity index (χ4n) is 2.92. The Labute approximate surface area is 124 Å². The van der Waals surface area contributed by atoms with Crippen LogP contribution < -0.4 is 0 Å². The molecule has 2 aromatic rings. The van der Waals surface area contributed by atoms with Gasteiger partial charge in [0.15, 0.2) is 0 Å². The van der Waals surface area contributed by atoms with Crippen LogP contribution in [0.2, 0.25) is 0 Å². The molecule has 2 heterocycles. The summed E-state index contributed by atoms with van der Waals surface area (Å²) in [5.41, 5.74) is 1.65. The number of halogens is 3. The molecule has 0 radical (unpaired) electrons. The second kappa shape index (κ2) is 4.59. The lowest BCUT2D eigenvalue weighted by Crippen LogP contribution is -2.17. The number of fused-ring (bicyclic) bond motifs is 1. The van der Waals surface area contributed by atoms with Crippen molar-refractivity contribution in [2.45, 2.75) is 26.6 Å². The van der Waals surface area contributed by atoms with Crippen molar-refractivity contribution in [3.8, 4) is 11.1 Å². The maximum Gasteiger partial charge on any atom is 0.416 e. The van der Waals surface area contributed by atoms with Crippen molar-refractivity contribution in [1.82, 2.24) is 15.1 Å². The number of carbonyl (C=O) groups is 1. The molecule has 4 nitrogen and oxygen atoms in total. The SMILES string of the molecule is Cc1n[nH]c(C)c1-c1cc2c(c(C(F)(F)F)c1)CN(C)C2=O.